The highest BCUT2D eigenvalue weighted by Gasteiger charge is 2.25. The van der Waals surface area contributed by atoms with Crippen LogP contribution in [0.25, 0.3) is 0 Å². The van der Waals surface area contributed by atoms with Crippen molar-refractivity contribution < 1.29 is 9.84 Å². The van der Waals surface area contributed by atoms with E-state index in [-0.39, 0.29) is 6.10 Å². The molecule has 1 saturated carbocycles. The largest absolute Gasteiger partial charge is 0.497 e. The molecule has 0 aromatic carbocycles. The Balaban J connectivity index is 2.11. The second kappa shape index (κ2) is 4.83. The maximum absolute atomic E-state index is 9.79. The number of nitrogens with zero attached hydrogens (tertiary/aromatic N) is 1. The Labute approximate surface area is 96.5 Å². The molecule has 0 radical (unpaired) electrons. The number of aliphatic hydroxyl groups excluding tert-OH is 1. The summed E-state index contributed by atoms with van der Waals surface area (Å²) in [5.41, 5.74) is 2.00. The Kier molecular flexibility index (Phi) is 3.44. The van der Waals surface area contributed by atoms with Crippen molar-refractivity contribution in [1.82, 2.24) is 4.98 Å². The first-order valence-electron chi connectivity index (χ1n) is 5.88. The van der Waals surface area contributed by atoms with Gasteiger partial charge in [0, 0.05) is 23.5 Å². The molecule has 1 aromatic rings. The van der Waals surface area contributed by atoms with Gasteiger partial charge in [0.2, 0.25) is 0 Å². The Morgan fingerprint density at radius 3 is 2.88 bits per heavy atom. The molecule has 2 unspecified atom stereocenters. The second-order valence-electron chi connectivity index (χ2n) is 4.60. The lowest BCUT2D eigenvalue weighted by Gasteiger charge is -2.14. The van der Waals surface area contributed by atoms with Crippen molar-refractivity contribution in [2.75, 3.05) is 7.11 Å². The van der Waals surface area contributed by atoms with Crippen LogP contribution in [0.15, 0.2) is 12.1 Å². The molecule has 1 fully saturated rings. The normalized spacial score (nSPS) is 24.7. The number of aliphatic hydroxyl groups is 1. The summed E-state index contributed by atoms with van der Waals surface area (Å²) < 4.78 is 5.22. The van der Waals surface area contributed by atoms with Crippen molar-refractivity contribution >= 4 is 0 Å². The zero-order valence-electron chi connectivity index (χ0n) is 9.94. The minimum atomic E-state index is -0.145. The van der Waals surface area contributed by atoms with Crippen LogP contribution in [0.3, 0.4) is 0 Å². The van der Waals surface area contributed by atoms with Crippen molar-refractivity contribution in [3.05, 3.63) is 23.5 Å². The van der Waals surface area contributed by atoms with E-state index in [4.69, 9.17) is 4.74 Å². The third-order valence-electron chi connectivity index (χ3n) is 3.31. The van der Waals surface area contributed by atoms with Crippen molar-refractivity contribution in [2.24, 2.45) is 5.92 Å². The molecular formula is C13H19NO2. The minimum Gasteiger partial charge on any atom is -0.497 e. The van der Waals surface area contributed by atoms with Gasteiger partial charge in [-0.1, -0.05) is 6.42 Å². The predicted molar refractivity (Wildman–Crippen MR) is 62.6 cm³/mol. The van der Waals surface area contributed by atoms with E-state index in [2.05, 4.69) is 4.98 Å². The number of aryl methyl sites for hydroxylation is 1. The Bertz CT molecular complexity index is 365. The third kappa shape index (κ3) is 2.53. The smallest absolute Gasteiger partial charge is 0.122 e. The fraction of sp³-hybridized carbons (Fsp3) is 0.615. The summed E-state index contributed by atoms with van der Waals surface area (Å²) in [5.74, 6) is 1.23. The van der Waals surface area contributed by atoms with Crippen LogP contribution in [0.5, 0.6) is 5.75 Å². The van der Waals surface area contributed by atoms with Crippen LogP contribution < -0.4 is 4.74 Å². The lowest BCUT2D eigenvalue weighted by atomic mass is 9.99. The van der Waals surface area contributed by atoms with E-state index in [0.29, 0.717) is 5.92 Å². The summed E-state index contributed by atoms with van der Waals surface area (Å²) in [5, 5.41) is 9.79. The van der Waals surface area contributed by atoms with Gasteiger partial charge in [-0.3, -0.25) is 4.98 Å². The van der Waals surface area contributed by atoms with Gasteiger partial charge in [0.25, 0.3) is 0 Å². The van der Waals surface area contributed by atoms with E-state index >= 15 is 0 Å². The molecule has 2 atom stereocenters. The van der Waals surface area contributed by atoms with E-state index in [0.717, 1.165) is 42.8 Å². The summed E-state index contributed by atoms with van der Waals surface area (Å²) in [6, 6.07) is 3.90. The van der Waals surface area contributed by atoms with Crippen molar-refractivity contribution in [3.8, 4) is 5.75 Å². The summed E-state index contributed by atoms with van der Waals surface area (Å²) in [4.78, 5) is 4.49. The number of ether oxygens (including phenoxy) is 1. The fourth-order valence-corrected chi connectivity index (χ4v) is 2.45. The molecule has 1 N–H and O–H groups in total. The molecule has 0 bridgehead atoms. The first-order chi connectivity index (χ1) is 7.69. The highest BCUT2D eigenvalue weighted by atomic mass is 16.5. The van der Waals surface area contributed by atoms with E-state index in [1.807, 2.05) is 19.1 Å². The molecule has 1 aromatic heterocycles. The predicted octanol–water partition coefficient (Wildman–Crippen LogP) is 2.10. The first kappa shape index (κ1) is 11.4. The third-order valence-corrected chi connectivity index (χ3v) is 3.31. The number of rotatable bonds is 3. The quantitative estimate of drug-likeness (QED) is 0.850. The van der Waals surface area contributed by atoms with Gasteiger partial charge in [-0.05, 0) is 32.1 Å². The Hall–Kier alpha value is -1.09. The van der Waals surface area contributed by atoms with Crippen LogP contribution in [-0.2, 0) is 6.42 Å². The van der Waals surface area contributed by atoms with Crippen molar-refractivity contribution in [3.63, 3.8) is 0 Å². The molecule has 2 rings (SSSR count). The molecule has 0 aliphatic heterocycles. The molecule has 0 spiro atoms. The molecule has 1 heterocycles. The van der Waals surface area contributed by atoms with E-state index in [9.17, 15) is 5.11 Å². The zero-order chi connectivity index (χ0) is 11.5. The topological polar surface area (TPSA) is 42.4 Å². The van der Waals surface area contributed by atoms with Crippen LogP contribution in [0, 0.1) is 12.8 Å². The monoisotopic (exact) mass is 221 g/mol. The number of pyridine rings is 1. The number of aromatic nitrogens is 1. The average Bonchev–Trinajstić information content (AvgIpc) is 2.63. The zero-order valence-corrected chi connectivity index (χ0v) is 9.94. The second-order valence-corrected chi connectivity index (χ2v) is 4.60. The maximum atomic E-state index is 9.79. The summed E-state index contributed by atoms with van der Waals surface area (Å²) in [6.45, 7) is 1.97. The standard InChI is InChI=1S/C13H19NO2/c1-9-6-12(16-2)8-11(14-9)7-10-4-3-5-13(10)15/h6,8,10,13,15H,3-5,7H2,1-2H3. The van der Waals surface area contributed by atoms with Gasteiger partial charge in [-0.25, -0.2) is 0 Å². The summed E-state index contributed by atoms with van der Waals surface area (Å²) in [6.07, 6.45) is 3.90. The van der Waals surface area contributed by atoms with Crippen LogP contribution in [0.1, 0.15) is 30.7 Å². The highest BCUT2D eigenvalue weighted by molar-refractivity contribution is 5.27. The van der Waals surface area contributed by atoms with Crippen LogP contribution in [0.2, 0.25) is 0 Å². The Morgan fingerprint density at radius 1 is 1.44 bits per heavy atom. The molecular weight excluding hydrogens is 202 g/mol. The summed E-state index contributed by atoms with van der Waals surface area (Å²) in [7, 11) is 1.67. The van der Waals surface area contributed by atoms with Crippen molar-refractivity contribution in [2.45, 2.75) is 38.7 Å². The number of hydrogen-bond acceptors (Lipinski definition) is 3. The Morgan fingerprint density at radius 2 is 2.25 bits per heavy atom. The SMILES string of the molecule is COc1cc(C)nc(CC2CCCC2O)c1. The minimum absolute atomic E-state index is 0.145. The van der Waals surface area contributed by atoms with Crippen molar-refractivity contribution in [1.29, 1.82) is 0 Å². The van der Waals surface area contributed by atoms with E-state index in [1.165, 1.54) is 0 Å². The van der Waals surface area contributed by atoms with Gasteiger partial charge in [0.05, 0.1) is 13.2 Å². The van der Waals surface area contributed by atoms with Gasteiger partial charge < -0.3 is 9.84 Å². The number of methoxy groups -OCH3 is 1. The highest BCUT2D eigenvalue weighted by Crippen LogP contribution is 2.29. The maximum Gasteiger partial charge on any atom is 0.122 e. The van der Waals surface area contributed by atoms with E-state index in [1.54, 1.807) is 7.11 Å². The van der Waals surface area contributed by atoms with Gasteiger partial charge >= 0.3 is 0 Å². The molecule has 88 valence electrons. The average molecular weight is 221 g/mol. The van der Waals surface area contributed by atoms with E-state index < -0.39 is 0 Å². The molecule has 1 aliphatic carbocycles. The first-order valence-corrected chi connectivity index (χ1v) is 5.88. The van der Waals surface area contributed by atoms with Crippen LogP contribution >= 0.6 is 0 Å². The molecule has 0 saturated heterocycles. The van der Waals surface area contributed by atoms with Crippen LogP contribution in [0.4, 0.5) is 0 Å². The van der Waals surface area contributed by atoms with Gasteiger partial charge in [0.15, 0.2) is 0 Å². The molecule has 3 heteroatoms. The van der Waals surface area contributed by atoms with Crippen LogP contribution in [-0.4, -0.2) is 23.3 Å². The van der Waals surface area contributed by atoms with Gasteiger partial charge in [0.1, 0.15) is 5.75 Å². The molecule has 3 nitrogen and oxygen atoms in total. The van der Waals surface area contributed by atoms with Gasteiger partial charge in [-0.2, -0.15) is 0 Å². The summed E-state index contributed by atoms with van der Waals surface area (Å²) >= 11 is 0. The number of hydrogen-bond donors (Lipinski definition) is 1. The fourth-order valence-electron chi connectivity index (χ4n) is 2.45. The molecule has 1 aliphatic rings. The lowest BCUT2D eigenvalue weighted by molar-refractivity contribution is 0.132. The molecule has 16 heavy (non-hydrogen) atoms. The molecule has 0 amide bonds. The van der Waals surface area contributed by atoms with Gasteiger partial charge in [-0.15, -0.1) is 0 Å². The lowest BCUT2D eigenvalue weighted by Crippen LogP contribution is -2.16.